The van der Waals surface area contributed by atoms with E-state index in [1.807, 2.05) is 0 Å². The van der Waals surface area contributed by atoms with Crippen molar-refractivity contribution in [2.24, 2.45) is 0 Å². The summed E-state index contributed by atoms with van der Waals surface area (Å²) in [4.78, 5) is 11.4. The first kappa shape index (κ1) is 16.4. The van der Waals surface area contributed by atoms with Crippen LogP contribution in [0, 0.1) is 0 Å². The Morgan fingerprint density at radius 1 is 1.47 bits per heavy atom. The summed E-state index contributed by atoms with van der Waals surface area (Å²) in [5.74, 6) is -0.461. The second-order valence-electron chi connectivity index (χ2n) is 5.66. The molecule has 1 N–H and O–H groups in total. The van der Waals surface area contributed by atoms with E-state index in [9.17, 15) is 9.90 Å². The normalized spacial score (nSPS) is 23.8. The zero-order valence-corrected chi connectivity index (χ0v) is 13.1. The molecule has 19 heavy (non-hydrogen) atoms. The Morgan fingerprint density at radius 3 is 2.63 bits per heavy atom. The summed E-state index contributed by atoms with van der Waals surface area (Å²) in [6.45, 7) is 12.5. The molecule has 110 valence electrons. The van der Waals surface area contributed by atoms with E-state index in [1.165, 1.54) is 0 Å². The van der Waals surface area contributed by atoms with Gasteiger partial charge in [0.1, 0.15) is 12.2 Å². The number of aliphatic hydroxyl groups is 1. The Balaban J connectivity index is 2.27. The molecule has 0 amide bonds. The van der Waals surface area contributed by atoms with Gasteiger partial charge in [-0.3, -0.25) is 0 Å². The number of carbonyl (C=O) groups is 1. The SMILES string of the molecule is C=C(C[C@@H](O)C1O[C@@H]1CO[Si](C)(C)C)C(=O)OCC. The average Bonchev–Trinajstić information content (AvgIpc) is 3.05. The molecule has 5 nitrogen and oxygen atoms in total. The molecule has 1 saturated heterocycles. The Bertz CT molecular complexity index is 336. The Morgan fingerprint density at radius 2 is 2.11 bits per heavy atom. The topological polar surface area (TPSA) is 68.3 Å². The molecule has 0 saturated carbocycles. The van der Waals surface area contributed by atoms with E-state index in [1.54, 1.807) is 6.92 Å². The summed E-state index contributed by atoms with van der Waals surface area (Å²) in [7, 11) is -1.56. The van der Waals surface area contributed by atoms with E-state index in [2.05, 4.69) is 26.2 Å². The highest BCUT2D eigenvalue weighted by molar-refractivity contribution is 6.69. The van der Waals surface area contributed by atoms with Gasteiger partial charge in [-0.05, 0) is 26.6 Å². The van der Waals surface area contributed by atoms with Gasteiger partial charge >= 0.3 is 5.97 Å². The fourth-order valence-electron chi connectivity index (χ4n) is 1.65. The molecule has 0 aromatic rings. The van der Waals surface area contributed by atoms with Gasteiger partial charge in [-0.2, -0.15) is 0 Å². The number of hydrogen-bond donors (Lipinski definition) is 1. The van der Waals surface area contributed by atoms with Gasteiger partial charge in [-0.25, -0.2) is 4.79 Å². The number of carbonyl (C=O) groups excluding carboxylic acids is 1. The predicted octanol–water partition coefficient (Wildman–Crippen LogP) is 1.48. The number of ether oxygens (including phenoxy) is 2. The average molecular weight is 288 g/mol. The monoisotopic (exact) mass is 288 g/mol. The van der Waals surface area contributed by atoms with E-state index < -0.39 is 20.4 Å². The molecule has 0 aromatic carbocycles. The van der Waals surface area contributed by atoms with Gasteiger partial charge < -0.3 is 19.0 Å². The first-order valence-electron chi connectivity index (χ1n) is 6.57. The van der Waals surface area contributed by atoms with Gasteiger partial charge in [0.2, 0.25) is 0 Å². The lowest BCUT2D eigenvalue weighted by Crippen LogP contribution is -2.29. The third kappa shape index (κ3) is 5.86. The van der Waals surface area contributed by atoms with Crippen LogP contribution >= 0.6 is 0 Å². The molecule has 6 heteroatoms. The van der Waals surface area contributed by atoms with E-state index in [0.717, 1.165) is 0 Å². The van der Waals surface area contributed by atoms with Crippen LogP contribution < -0.4 is 0 Å². The number of esters is 1. The lowest BCUT2D eigenvalue weighted by molar-refractivity contribution is -0.138. The van der Waals surface area contributed by atoms with Gasteiger partial charge in [0, 0.05) is 12.0 Å². The van der Waals surface area contributed by atoms with E-state index >= 15 is 0 Å². The summed E-state index contributed by atoms with van der Waals surface area (Å²) >= 11 is 0. The van der Waals surface area contributed by atoms with Gasteiger partial charge in [-0.1, -0.05) is 6.58 Å². The van der Waals surface area contributed by atoms with Crippen molar-refractivity contribution in [2.75, 3.05) is 13.2 Å². The van der Waals surface area contributed by atoms with Gasteiger partial charge in [0.05, 0.1) is 19.3 Å². The summed E-state index contributed by atoms with van der Waals surface area (Å²) < 4.78 is 15.9. The molecule has 1 aliphatic rings. The second-order valence-corrected chi connectivity index (χ2v) is 10.2. The number of rotatable bonds is 8. The Hall–Kier alpha value is -0.693. The molecule has 1 aliphatic heterocycles. The van der Waals surface area contributed by atoms with Crippen molar-refractivity contribution in [3.63, 3.8) is 0 Å². The highest BCUT2D eigenvalue weighted by Gasteiger charge is 2.45. The van der Waals surface area contributed by atoms with Crippen LogP contribution in [-0.2, 0) is 18.7 Å². The molecule has 1 rings (SSSR count). The molecule has 0 spiro atoms. The third-order valence-electron chi connectivity index (χ3n) is 2.70. The molecule has 0 aromatic heterocycles. The fourth-order valence-corrected chi connectivity index (χ4v) is 2.31. The molecular formula is C13H24O5Si. The Kier molecular flexibility index (Phi) is 5.73. The van der Waals surface area contributed by atoms with E-state index in [-0.39, 0.29) is 24.2 Å². The van der Waals surface area contributed by atoms with Gasteiger partial charge in [0.15, 0.2) is 8.32 Å². The summed E-state index contributed by atoms with van der Waals surface area (Å²) in [6.07, 6.45) is -0.890. The lowest BCUT2D eigenvalue weighted by atomic mass is 10.1. The second kappa shape index (κ2) is 6.65. The van der Waals surface area contributed by atoms with Crippen molar-refractivity contribution in [2.45, 2.75) is 51.3 Å². The molecule has 1 fully saturated rings. The van der Waals surface area contributed by atoms with Crippen LogP contribution in [0.5, 0.6) is 0 Å². The minimum absolute atomic E-state index is 0.0725. The molecule has 0 bridgehead atoms. The van der Waals surface area contributed by atoms with Crippen molar-refractivity contribution >= 4 is 14.3 Å². The standard InChI is InChI=1S/C13H24O5Si/c1-6-16-13(15)9(2)7-10(14)12-11(18-12)8-17-19(3,4)5/h10-12,14H,2,6-8H2,1,3-5H3/t10-,11-,12?/m1/s1. The summed E-state index contributed by atoms with van der Waals surface area (Å²) in [5, 5.41) is 9.94. The van der Waals surface area contributed by atoms with Crippen molar-refractivity contribution in [3.05, 3.63) is 12.2 Å². The van der Waals surface area contributed by atoms with Crippen LogP contribution in [0.4, 0.5) is 0 Å². The van der Waals surface area contributed by atoms with Crippen molar-refractivity contribution in [1.29, 1.82) is 0 Å². The smallest absolute Gasteiger partial charge is 0.333 e. The van der Waals surface area contributed by atoms with E-state index in [4.69, 9.17) is 13.9 Å². The number of epoxide rings is 1. The van der Waals surface area contributed by atoms with Crippen molar-refractivity contribution in [3.8, 4) is 0 Å². The van der Waals surface area contributed by atoms with E-state index in [0.29, 0.717) is 13.2 Å². The van der Waals surface area contributed by atoms with Crippen LogP contribution in [0.1, 0.15) is 13.3 Å². The minimum Gasteiger partial charge on any atom is -0.463 e. The fraction of sp³-hybridized carbons (Fsp3) is 0.769. The molecule has 1 heterocycles. The van der Waals surface area contributed by atoms with Crippen LogP contribution in [0.25, 0.3) is 0 Å². The maximum Gasteiger partial charge on any atom is 0.333 e. The molecule has 0 radical (unpaired) electrons. The number of hydrogen-bond acceptors (Lipinski definition) is 5. The zero-order chi connectivity index (χ0) is 14.6. The Labute approximate surface area is 115 Å². The molecular weight excluding hydrogens is 264 g/mol. The van der Waals surface area contributed by atoms with Crippen LogP contribution in [-0.4, -0.2) is 50.9 Å². The largest absolute Gasteiger partial charge is 0.463 e. The summed E-state index contributed by atoms with van der Waals surface area (Å²) in [5.41, 5.74) is 0.273. The maximum atomic E-state index is 11.4. The highest BCUT2D eigenvalue weighted by Crippen LogP contribution is 2.29. The maximum absolute atomic E-state index is 11.4. The highest BCUT2D eigenvalue weighted by atomic mass is 28.4. The first-order chi connectivity index (χ1) is 8.74. The van der Waals surface area contributed by atoms with Gasteiger partial charge in [-0.15, -0.1) is 0 Å². The molecule has 3 atom stereocenters. The van der Waals surface area contributed by atoms with Crippen LogP contribution in [0.2, 0.25) is 19.6 Å². The van der Waals surface area contributed by atoms with Crippen LogP contribution in [0.3, 0.4) is 0 Å². The minimum atomic E-state index is -1.56. The number of aliphatic hydroxyl groups excluding tert-OH is 1. The quantitative estimate of drug-likeness (QED) is 0.317. The van der Waals surface area contributed by atoms with Gasteiger partial charge in [0.25, 0.3) is 0 Å². The zero-order valence-electron chi connectivity index (χ0n) is 12.1. The first-order valence-corrected chi connectivity index (χ1v) is 9.97. The summed E-state index contributed by atoms with van der Waals surface area (Å²) in [6, 6.07) is 0. The van der Waals surface area contributed by atoms with Crippen molar-refractivity contribution in [1.82, 2.24) is 0 Å². The van der Waals surface area contributed by atoms with Crippen molar-refractivity contribution < 1.29 is 23.8 Å². The van der Waals surface area contributed by atoms with Crippen LogP contribution in [0.15, 0.2) is 12.2 Å². The molecule has 0 aliphatic carbocycles. The third-order valence-corrected chi connectivity index (χ3v) is 3.73. The lowest BCUT2D eigenvalue weighted by Gasteiger charge is -2.16. The molecule has 1 unspecified atom stereocenters. The predicted molar refractivity (Wildman–Crippen MR) is 74.4 cm³/mol.